The van der Waals surface area contributed by atoms with Crippen LogP contribution >= 0.6 is 11.3 Å². The van der Waals surface area contributed by atoms with Crippen molar-refractivity contribution >= 4 is 34.3 Å². The highest BCUT2D eigenvalue weighted by Gasteiger charge is 2.27. The minimum Gasteiger partial charge on any atom is -0.462 e. The van der Waals surface area contributed by atoms with Gasteiger partial charge in [0.1, 0.15) is 22.5 Å². The van der Waals surface area contributed by atoms with Crippen LogP contribution < -0.4 is 5.32 Å². The average molecular weight is 398 g/mol. The highest BCUT2D eigenvalue weighted by atomic mass is 32.1. The fourth-order valence-electron chi connectivity index (χ4n) is 3.12. The Hall–Kier alpha value is -2.98. The van der Waals surface area contributed by atoms with Crippen molar-refractivity contribution in [3.63, 3.8) is 0 Å². The molecule has 1 aromatic carbocycles. The zero-order valence-electron chi connectivity index (χ0n) is 15.4. The van der Waals surface area contributed by atoms with Crippen LogP contribution in [0.1, 0.15) is 46.1 Å². The van der Waals surface area contributed by atoms with Gasteiger partial charge in [0, 0.05) is 4.88 Å². The van der Waals surface area contributed by atoms with Gasteiger partial charge in [-0.1, -0.05) is 12.1 Å². The van der Waals surface area contributed by atoms with E-state index in [-0.39, 0.29) is 12.2 Å². The zero-order chi connectivity index (χ0) is 20.1. The third-order valence-corrected chi connectivity index (χ3v) is 5.63. The van der Waals surface area contributed by atoms with E-state index in [0.29, 0.717) is 16.1 Å². The lowest BCUT2D eigenvalue weighted by Gasteiger charge is -2.12. The van der Waals surface area contributed by atoms with Crippen LogP contribution in [0, 0.1) is 17.1 Å². The summed E-state index contributed by atoms with van der Waals surface area (Å²) in [5.41, 5.74) is 1.73. The second-order valence-corrected chi connectivity index (χ2v) is 7.42. The van der Waals surface area contributed by atoms with Gasteiger partial charge in [0.25, 0.3) is 5.91 Å². The van der Waals surface area contributed by atoms with Gasteiger partial charge in [-0.15, -0.1) is 11.3 Å². The van der Waals surface area contributed by atoms with E-state index < -0.39 is 17.7 Å². The molecule has 7 heteroatoms. The summed E-state index contributed by atoms with van der Waals surface area (Å²) in [5.74, 6) is -1.47. The van der Waals surface area contributed by atoms with Gasteiger partial charge >= 0.3 is 5.97 Å². The number of carbonyl (C=O) groups is 2. The molecule has 3 rings (SSSR count). The number of rotatable bonds is 5. The largest absolute Gasteiger partial charge is 0.462 e. The number of nitrogens with one attached hydrogen (secondary N) is 1. The summed E-state index contributed by atoms with van der Waals surface area (Å²) in [4.78, 5) is 26.2. The molecule has 0 bridgehead atoms. The maximum Gasteiger partial charge on any atom is 0.341 e. The lowest BCUT2D eigenvalue weighted by molar-refractivity contribution is -0.112. The number of thiophene rings is 1. The lowest BCUT2D eigenvalue weighted by Crippen LogP contribution is -2.16. The summed E-state index contributed by atoms with van der Waals surface area (Å²) in [7, 11) is 0. The molecule has 2 aromatic rings. The van der Waals surface area contributed by atoms with Crippen molar-refractivity contribution < 1.29 is 18.7 Å². The molecule has 1 aliphatic carbocycles. The van der Waals surface area contributed by atoms with E-state index in [4.69, 9.17) is 4.74 Å². The first-order chi connectivity index (χ1) is 13.5. The fourth-order valence-corrected chi connectivity index (χ4v) is 4.39. The Balaban J connectivity index is 1.90. The smallest absolute Gasteiger partial charge is 0.341 e. The van der Waals surface area contributed by atoms with Crippen LogP contribution in [0.15, 0.2) is 29.8 Å². The number of halogens is 1. The molecule has 1 N–H and O–H groups in total. The number of nitriles is 1. The van der Waals surface area contributed by atoms with Crippen LogP contribution in [0.4, 0.5) is 9.39 Å². The number of hydrogen-bond donors (Lipinski definition) is 1. The number of carbonyl (C=O) groups excluding carboxylic acids is 2. The highest BCUT2D eigenvalue weighted by molar-refractivity contribution is 7.17. The second-order valence-electron chi connectivity index (χ2n) is 6.31. The van der Waals surface area contributed by atoms with Crippen molar-refractivity contribution in [1.82, 2.24) is 0 Å². The Morgan fingerprint density at radius 1 is 1.29 bits per heavy atom. The molecule has 5 nitrogen and oxygen atoms in total. The molecule has 0 saturated heterocycles. The third kappa shape index (κ3) is 4.29. The topological polar surface area (TPSA) is 79.2 Å². The van der Waals surface area contributed by atoms with Crippen molar-refractivity contribution in [2.75, 3.05) is 11.9 Å². The number of anilines is 1. The maximum atomic E-state index is 13.0. The van der Waals surface area contributed by atoms with E-state index in [0.717, 1.165) is 36.1 Å². The molecule has 1 amide bonds. The monoisotopic (exact) mass is 398 g/mol. The van der Waals surface area contributed by atoms with E-state index in [9.17, 15) is 19.2 Å². The molecule has 1 heterocycles. The Morgan fingerprint density at radius 2 is 2.00 bits per heavy atom. The van der Waals surface area contributed by atoms with Crippen LogP contribution in [-0.2, 0) is 22.4 Å². The Bertz CT molecular complexity index is 971. The number of fused-ring (bicyclic) bond motifs is 1. The predicted molar refractivity (Wildman–Crippen MR) is 106 cm³/mol. The van der Waals surface area contributed by atoms with Crippen LogP contribution in [-0.4, -0.2) is 18.5 Å². The van der Waals surface area contributed by atoms with Gasteiger partial charge in [-0.05, 0) is 61.9 Å². The molecule has 1 aromatic heterocycles. The number of ether oxygens (including phenoxy) is 1. The predicted octanol–water partition coefficient (Wildman–Crippen LogP) is 4.49. The average Bonchev–Trinajstić information content (AvgIpc) is 3.05. The minimum atomic E-state index is -0.615. The van der Waals surface area contributed by atoms with E-state index >= 15 is 0 Å². The first-order valence-corrected chi connectivity index (χ1v) is 9.85. The summed E-state index contributed by atoms with van der Waals surface area (Å²) in [6.07, 6.45) is 5.03. The van der Waals surface area contributed by atoms with Crippen molar-refractivity contribution in [2.45, 2.75) is 32.6 Å². The number of amides is 1. The van der Waals surface area contributed by atoms with E-state index in [1.54, 1.807) is 6.92 Å². The molecule has 1 aliphatic rings. The summed E-state index contributed by atoms with van der Waals surface area (Å²) in [6.45, 7) is 1.97. The van der Waals surface area contributed by atoms with Crippen molar-refractivity contribution in [3.8, 4) is 6.07 Å². The number of aryl methyl sites for hydroxylation is 1. The Labute approximate surface area is 166 Å². The van der Waals surface area contributed by atoms with Gasteiger partial charge in [0.05, 0.1) is 12.2 Å². The van der Waals surface area contributed by atoms with Gasteiger partial charge in [-0.2, -0.15) is 5.26 Å². The number of nitrogens with zero attached hydrogens (tertiary/aromatic N) is 1. The van der Waals surface area contributed by atoms with Crippen molar-refractivity contribution in [1.29, 1.82) is 5.26 Å². The standard InChI is InChI=1S/C21H19FN2O3S/c1-2-27-21(26)18-16-5-3-4-6-17(16)28-20(18)24-19(25)14(12-23)11-13-7-9-15(22)10-8-13/h7-11H,2-6H2,1H3,(H,24,25)/b14-11-. The third-order valence-electron chi connectivity index (χ3n) is 4.42. The summed E-state index contributed by atoms with van der Waals surface area (Å²) < 4.78 is 18.2. The van der Waals surface area contributed by atoms with Gasteiger partial charge in [-0.25, -0.2) is 9.18 Å². The second kappa shape index (κ2) is 8.81. The molecule has 0 spiro atoms. The normalized spacial score (nSPS) is 13.4. The van der Waals surface area contributed by atoms with E-state index in [2.05, 4.69) is 5.32 Å². The van der Waals surface area contributed by atoms with Crippen molar-refractivity contribution in [3.05, 3.63) is 57.2 Å². The summed E-state index contributed by atoms with van der Waals surface area (Å²) >= 11 is 1.36. The van der Waals surface area contributed by atoms with Crippen LogP contribution in [0.25, 0.3) is 6.08 Å². The fraction of sp³-hybridized carbons (Fsp3) is 0.286. The summed E-state index contributed by atoms with van der Waals surface area (Å²) in [5, 5.41) is 12.5. The molecule has 144 valence electrons. The summed E-state index contributed by atoms with van der Waals surface area (Å²) in [6, 6.07) is 7.33. The number of esters is 1. The zero-order valence-corrected chi connectivity index (χ0v) is 16.2. The van der Waals surface area contributed by atoms with Crippen LogP contribution in [0.3, 0.4) is 0 Å². The quantitative estimate of drug-likeness (QED) is 0.457. The SMILES string of the molecule is CCOC(=O)c1c(NC(=O)/C(C#N)=C\c2ccc(F)cc2)sc2c1CCCC2. The molecule has 28 heavy (non-hydrogen) atoms. The van der Waals surface area contributed by atoms with Crippen LogP contribution in [0.2, 0.25) is 0 Å². The number of benzene rings is 1. The molecule has 0 radical (unpaired) electrons. The first-order valence-electron chi connectivity index (χ1n) is 9.03. The van der Waals surface area contributed by atoms with Gasteiger partial charge in [0.15, 0.2) is 0 Å². The molecule has 0 fully saturated rings. The molecule has 0 saturated carbocycles. The molecular formula is C21H19FN2O3S. The van der Waals surface area contributed by atoms with E-state index in [1.165, 1.54) is 41.7 Å². The molecule has 0 unspecified atom stereocenters. The molecule has 0 atom stereocenters. The van der Waals surface area contributed by atoms with Crippen molar-refractivity contribution in [2.24, 2.45) is 0 Å². The minimum absolute atomic E-state index is 0.132. The maximum absolute atomic E-state index is 13.0. The van der Waals surface area contributed by atoms with Crippen LogP contribution in [0.5, 0.6) is 0 Å². The van der Waals surface area contributed by atoms with E-state index in [1.807, 2.05) is 6.07 Å². The highest BCUT2D eigenvalue weighted by Crippen LogP contribution is 2.38. The lowest BCUT2D eigenvalue weighted by atomic mass is 9.95. The molecular weight excluding hydrogens is 379 g/mol. The molecule has 0 aliphatic heterocycles. The first kappa shape index (κ1) is 19.8. The Kier molecular flexibility index (Phi) is 6.22. The van der Waals surface area contributed by atoms with Gasteiger partial charge < -0.3 is 10.1 Å². The van der Waals surface area contributed by atoms with Gasteiger partial charge in [0.2, 0.25) is 0 Å². The number of hydrogen-bond acceptors (Lipinski definition) is 5. The Morgan fingerprint density at radius 3 is 2.68 bits per heavy atom. The van der Waals surface area contributed by atoms with Gasteiger partial charge in [-0.3, -0.25) is 4.79 Å².